The number of allylic oxidation sites excluding steroid dienone is 1. The van der Waals surface area contributed by atoms with E-state index in [9.17, 15) is 0 Å². The summed E-state index contributed by atoms with van der Waals surface area (Å²) in [4.78, 5) is 12.5. The van der Waals surface area contributed by atoms with Crippen molar-refractivity contribution in [3.05, 3.63) is 43.0 Å². The van der Waals surface area contributed by atoms with E-state index in [1.807, 2.05) is 41.0 Å². The second-order valence-electron chi connectivity index (χ2n) is 3.02. The van der Waals surface area contributed by atoms with Crippen LogP contribution in [0, 0.1) is 0 Å². The Labute approximate surface area is 100 Å². The first-order chi connectivity index (χ1) is 7.90. The molecule has 4 nitrogen and oxygen atoms in total. The molecule has 1 fully saturated rings. The van der Waals surface area contributed by atoms with E-state index < -0.39 is 8.22 Å². The predicted octanol–water partition coefficient (Wildman–Crippen LogP) is 2.99. The maximum Gasteiger partial charge on any atom is 0.148 e. The Balaban J connectivity index is 1.98. The van der Waals surface area contributed by atoms with Crippen LogP contribution < -0.4 is 14.6 Å². The standard InChI is InChI=1S/C9H14N3OP3/c1-2-8-16-11-14-10-15-12(16)13-9-6-4-3-5-7-9/h2-7,10-11,14-15H,1,8H2. The van der Waals surface area contributed by atoms with Gasteiger partial charge in [0, 0.05) is 15.0 Å². The minimum absolute atomic E-state index is 0.454. The summed E-state index contributed by atoms with van der Waals surface area (Å²) in [6.45, 7) is 3.78. The van der Waals surface area contributed by atoms with Crippen LogP contribution in [-0.4, -0.2) is 10.8 Å². The lowest BCUT2D eigenvalue weighted by Crippen LogP contribution is -2.26. The first-order valence-electron chi connectivity index (χ1n) is 4.83. The van der Waals surface area contributed by atoms with Gasteiger partial charge in [-0.15, -0.1) is 6.58 Å². The van der Waals surface area contributed by atoms with E-state index in [0.29, 0.717) is 17.8 Å². The normalized spacial score (nSPS) is 24.6. The van der Waals surface area contributed by atoms with Crippen LogP contribution in [0.3, 0.4) is 0 Å². The van der Waals surface area contributed by atoms with Crippen molar-refractivity contribution in [2.24, 2.45) is 0 Å². The molecule has 3 atom stereocenters. The van der Waals surface area contributed by atoms with Crippen molar-refractivity contribution < 1.29 is 4.84 Å². The lowest BCUT2D eigenvalue weighted by Gasteiger charge is -2.33. The van der Waals surface area contributed by atoms with Crippen LogP contribution in [0.2, 0.25) is 0 Å². The Hall–Kier alpha value is -0.0700. The summed E-state index contributed by atoms with van der Waals surface area (Å²) >= 11 is 0. The summed E-state index contributed by atoms with van der Waals surface area (Å²) in [5, 5.41) is 0. The smallest absolute Gasteiger partial charge is 0.148 e. The highest BCUT2D eigenvalue weighted by Crippen LogP contribution is 2.50. The molecule has 0 bridgehead atoms. The zero-order chi connectivity index (χ0) is 11.2. The van der Waals surface area contributed by atoms with Crippen molar-refractivity contribution >= 4 is 26.0 Å². The molecule has 0 spiro atoms. The molecule has 1 saturated heterocycles. The van der Waals surface area contributed by atoms with Gasteiger partial charge >= 0.3 is 0 Å². The van der Waals surface area contributed by atoms with E-state index >= 15 is 0 Å². The summed E-state index contributed by atoms with van der Waals surface area (Å²) in [5.74, 6) is 0.875. The molecule has 0 amide bonds. The Morgan fingerprint density at radius 2 is 2.25 bits per heavy atom. The first kappa shape index (κ1) is 12.4. The van der Waals surface area contributed by atoms with Gasteiger partial charge in [-0.1, -0.05) is 28.9 Å². The van der Waals surface area contributed by atoms with Crippen LogP contribution in [0.25, 0.3) is 0 Å². The summed E-state index contributed by atoms with van der Waals surface area (Å²) in [6, 6.07) is 9.85. The molecule has 1 aromatic carbocycles. The molecule has 2 rings (SSSR count). The quantitative estimate of drug-likeness (QED) is 0.653. The third-order valence-electron chi connectivity index (χ3n) is 1.86. The summed E-state index contributed by atoms with van der Waals surface area (Å²) in [6.07, 6.45) is 2.87. The van der Waals surface area contributed by atoms with Crippen LogP contribution >= 0.6 is 26.0 Å². The molecular weight excluding hydrogens is 259 g/mol. The van der Waals surface area contributed by atoms with Crippen molar-refractivity contribution in [3.63, 3.8) is 0 Å². The monoisotopic (exact) mass is 273 g/mol. The Morgan fingerprint density at radius 3 is 3.00 bits per heavy atom. The number of nitrogens with one attached hydrogen (secondary N) is 2. The maximum absolute atomic E-state index is 5.83. The molecule has 0 aliphatic carbocycles. The average Bonchev–Trinajstić information content (AvgIpc) is 2.33. The van der Waals surface area contributed by atoms with Gasteiger partial charge in [-0.25, -0.2) is 4.86 Å². The van der Waals surface area contributed by atoms with E-state index in [2.05, 4.69) is 16.3 Å². The fourth-order valence-electron chi connectivity index (χ4n) is 1.17. The van der Waals surface area contributed by atoms with Crippen molar-refractivity contribution in [1.82, 2.24) is 14.3 Å². The van der Waals surface area contributed by atoms with Gasteiger partial charge in [-0.3, -0.25) is 4.86 Å². The van der Waals surface area contributed by atoms with Crippen LogP contribution in [-0.2, 0) is 0 Å². The minimum Gasteiger partial charge on any atom is -0.396 e. The number of benzene rings is 1. The first-order valence-corrected chi connectivity index (χ1v) is 8.25. The zero-order valence-corrected chi connectivity index (χ0v) is 11.6. The molecule has 1 heterocycles. The van der Waals surface area contributed by atoms with Crippen LogP contribution in [0.15, 0.2) is 43.0 Å². The third-order valence-corrected chi connectivity index (χ3v) is 6.71. The second kappa shape index (κ2) is 6.61. The van der Waals surface area contributed by atoms with Crippen LogP contribution in [0.4, 0.5) is 0 Å². The molecule has 0 radical (unpaired) electrons. The summed E-state index contributed by atoms with van der Waals surface area (Å²) in [5.41, 5.74) is 0. The largest absolute Gasteiger partial charge is 0.396 e. The van der Waals surface area contributed by atoms with Gasteiger partial charge in [0.05, 0.1) is 17.1 Å². The number of para-hydroxylation sites is 1. The SMILES string of the molecule is C=CCP1NPNPN1Oc1ccccc1. The van der Waals surface area contributed by atoms with E-state index in [1.54, 1.807) is 0 Å². The lowest BCUT2D eigenvalue weighted by atomic mass is 10.3. The van der Waals surface area contributed by atoms with E-state index in [0.717, 1.165) is 11.9 Å². The van der Waals surface area contributed by atoms with E-state index in [1.165, 1.54) is 0 Å². The molecule has 16 heavy (non-hydrogen) atoms. The van der Waals surface area contributed by atoms with E-state index in [-0.39, 0.29) is 0 Å². The fourth-order valence-corrected chi connectivity index (χ4v) is 6.11. The van der Waals surface area contributed by atoms with Crippen molar-refractivity contribution in [2.45, 2.75) is 0 Å². The molecule has 0 aromatic heterocycles. The van der Waals surface area contributed by atoms with Gasteiger partial charge in [0.2, 0.25) is 0 Å². The van der Waals surface area contributed by atoms with Gasteiger partial charge in [-0.2, -0.15) is 0 Å². The number of hydrogen-bond acceptors (Lipinski definition) is 4. The maximum atomic E-state index is 5.83. The summed E-state index contributed by atoms with van der Waals surface area (Å²) in [7, 11) is 0.657. The average molecular weight is 273 g/mol. The summed E-state index contributed by atoms with van der Waals surface area (Å²) < 4.78 is 1.99. The molecule has 1 aromatic rings. The predicted molar refractivity (Wildman–Crippen MR) is 73.8 cm³/mol. The molecular formula is C9H14N3OP3. The number of nitrogens with zero attached hydrogens (tertiary/aromatic N) is 1. The molecule has 86 valence electrons. The molecule has 7 heteroatoms. The van der Waals surface area contributed by atoms with Crippen molar-refractivity contribution in [1.29, 1.82) is 0 Å². The van der Waals surface area contributed by atoms with Gasteiger partial charge in [0.25, 0.3) is 0 Å². The van der Waals surface area contributed by atoms with E-state index in [4.69, 9.17) is 4.84 Å². The van der Waals surface area contributed by atoms with Gasteiger partial charge in [0.1, 0.15) is 5.75 Å². The third kappa shape index (κ3) is 3.46. The highest BCUT2D eigenvalue weighted by atomic mass is 31.2. The minimum atomic E-state index is -0.454. The van der Waals surface area contributed by atoms with Crippen molar-refractivity contribution in [2.75, 3.05) is 6.16 Å². The highest BCUT2D eigenvalue weighted by Gasteiger charge is 2.22. The topological polar surface area (TPSA) is 36.5 Å². The zero-order valence-electron chi connectivity index (χ0n) is 8.68. The number of hydrogen-bond donors (Lipinski definition) is 2. The molecule has 0 saturated carbocycles. The molecule has 1 aliphatic rings. The molecule has 2 N–H and O–H groups in total. The highest BCUT2D eigenvalue weighted by molar-refractivity contribution is 7.73. The fraction of sp³-hybridized carbons (Fsp3) is 0.111. The number of rotatable bonds is 4. The van der Waals surface area contributed by atoms with Crippen LogP contribution in [0.1, 0.15) is 0 Å². The van der Waals surface area contributed by atoms with Gasteiger partial charge in [-0.05, 0) is 12.1 Å². The Bertz CT molecular complexity index is 338. The Kier molecular flexibility index (Phi) is 5.12. The van der Waals surface area contributed by atoms with Gasteiger partial charge in [0.15, 0.2) is 0 Å². The van der Waals surface area contributed by atoms with Crippen LogP contribution in [0.5, 0.6) is 5.75 Å². The van der Waals surface area contributed by atoms with Crippen molar-refractivity contribution in [3.8, 4) is 5.75 Å². The Morgan fingerprint density at radius 1 is 1.44 bits per heavy atom. The second-order valence-corrected chi connectivity index (χ2v) is 7.70. The lowest BCUT2D eigenvalue weighted by molar-refractivity contribution is 0.142. The molecule has 1 aliphatic heterocycles. The van der Waals surface area contributed by atoms with Gasteiger partial charge < -0.3 is 4.84 Å². The molecule has 3 unspecified atom stereocenters.